The van der Waals surface area contributed by atoms with Crippen molar-refractivity contribution in [2.24, 2.45) is 5.92 Å². The van der Waals surface area contributed by atoms with Gasteiger partial charge in [-0.1, -0.05) is 0 Å². The minimum absolute atomic E-state index is 0.0556. The van der Waals surface area contributed by atoms with E-state index in [-0.39, 0.29) is 5.92 Å². The zero-order valence-electron chi connectivity index (χ0n) is 5.54. The molecule has 0 bridgehead atoms. The Hall–Kier alpha value is -1.53. The van der Waals surface area contributed by atoms with Gasteiger partial charge < -0.3 is 0 Å². The zero-order chi connectivity index (χ0) is 7.82. The summed E-state index contributed by atoms with van der Waals surface area (Å²) < 4.78 is 0. The molecule has 0 radical (unpaired) electrons. The highest BCUT2D eigenvalue weighted by atomic mass is 14.3. The van der Waals surface area contributed by atoms with Gasteiger partial charge in [-0.05, 0) is 5.92 Å². The number of hydrogen-bond donors (Lipinski definition) is 0. The van der Waals surface area contributed by atoms with E-state index in [1.54, 1.807) is 0 Å². The van der Waals surface area contributed by atoms with Crippen LogP contribution in [0.15, 0.2) is 0 Å². The minimum Gasteiger partial charge on any atom is -0.198 e. The first-order chi connectivity index (χ1) is 4.85. The maximum absolute atomic E-state index is 8.22. The van der Waals surface area contributed by atoms with E-state index in [0.29, 0.717) is 19.3 Å². The van der Waals surface area contributed by atoms with E-state index >= 15 is 0 Å². The number of hydrogen-bond acceptors (Lipinski definition) is 3. The Morgan fingerprint density at radius 1 is 0.800 bits per heavy atom. The minimum atomic E-state index is -0.0556. The van der Waals surface area contributed by atoms with Gasteiger partial charge in [0.2, 0.25) is 0 Å². The van der Waals surface area contributed by atoms with Gasteiger partial charge in [-0.2, -0.15) is 15.8 Å². The molecule has 0 aromatic rings. The number of nitriles is 3. The van der Waals surface area contributed by atoms with E-state index < -0.39 is 0 Å². The lowest BCUT2D eigenvalue weighted by atomic mass is 10.0. The second-order valence-electron chi connectivity index (χ2n) is 1.95. The fourth-order valence-electron chi connectivity index (χ4n) is 0.604. The molecule has 0 saturated carbocycles. The molecule has 0 aliphatic heterocycles. The van der Waals surface area contributed by atoms with Gasteiger partial charge in [-0.3, -0.25) is 0 Å². The largest absolute Gasteiger partial charge is 0.198 e. The molecule has 0 rings (SSSR count). The molecule has 0 unspecified atom stereocenters. The van der Waals surface area contributed by atoms with Crippen LogP contribution in [-0.2, 0) is 0 Å². The average molecular weight is 133 g/mol. The molecule has 0 aliphatic carbocycles. The fourth-order valence-corrected chi connectivity index (χ4v) is 0.604. The number of rotatable bonds is 3. The van der Waals surface area contributed by atoms with Crippen LogP contribution in [0.1, 0.15) is 19.3 Å². The zero-order valence-corrected chi connectivity index (χ0v) is 5.54. The summed E-state index contributed by atoms with van der Waals surface area (Å²) in [6, 6.07) is 5.81. The van der Waals surface area contributed by atoms with Crippen LogP contribution in [0.2, 0.25) is 0 Å². The Bertz CT molecular complexity index is 162. The van der Waals surface area contributed by atoms with Gasteiger partial charge in [-0.15, -0.1) is 0 Å². The van der Waals surface area contributed by atoms with Gasteiger partial charge >= 0.3 is 0 Å². The molecule has 10 heavy (non-hydrogen) atoms. The molecule has 3 nitrogen and oxygen atoms in total. The summed E-state index contributed by atoms with van der Waals surface area (Å²) in [4.78, 5) is 0. The molecule has 0 aromatic heterocycles. The van der Waals surface area contributed by atoms with Gasteiger partial charge in [-0.25, -0.2) is 0 Å². The first kappa shape index (κ1) is 8.47. The normalized spacial score (nSPS) is 7.80. The molecule has 50 valence electrons. The van der Waals surface area contributed by atoms with Crippen LogP contribution in [-0.4, -0.2) is 0 Å². The summed E-state index contributed by atoms with van der Waals surface area (Å²) in [6.45, 7) is 0. The van der Waals surface area contributed by atoms with Crippen molar-refractivity contribution in [3.05, 3.63) is 0 Å². The molecule has 0 saturated heterocycles. The monoisotopic (exact) mass is 133 g/mol. The molecule has 0 heterocycles. The first-order valence-corrected chi connectivity index (χ1v) is 2.96. The van der Waals surface area contributed by atoms with E-state index in [1.807, 2.05) is 18.2 Å². The summed E-state index contributed by atoms with van der Waals surface area (Å²) in [5.41, 5.74) is 0. The third kappa shape index (κ3) is 3.47. The highest BCUT2D eigenvalue weighted by molar-refractivity contribution is 4.88. The maximum Gasteiger partial charge on any atom is 0.0625 e. The SMILES string of the molecule is N#CCC(CC#N)CC#N. The molecule has 0 fully saturated rings. The fraction of sp³-hybridized carbons (Fsp3) is 0.571. The lowest BCUT2D eigenvalue weighted by Gasteiger charge is -2.00. The van der Waals surface area contributed by atoms with Crippen molar-refractivity contribution in [3.63, 3.8) is 0 Å². The molecule has 3 heteroatoms. The highest BCUT2D eigenvalue weighted by Crippen LogP contribution is 2.10. The van der Waals surface area contributed by atoms with Crippen LogP contribution in [0.3, 0.4) is 0 Å². The van der Waals surface area contributed by atoms with Gasteiger partial charge in [0.05, 0.1) is 18.2 Å². The molecular formula is C7H7N3. The van der Waals surface area contributed by atoms with Crippen LogP contribution in [0.5, 0.6) is 0 Å². The molecule has 0 spiro atoms. The highest BCUT2D eigenvalue weighted by Gasteiger charge is 2.05. The van der Waals surface area contributed by atoms with Crippen LogP contribution < -0.4 is 0 Å². The van der Waals surface area contributed by atoms with Crippen molar-refractivity contribution in [1.29, 1.82) is 15.8 Å². The maximum atomic E-state index is 8.22. The quantitative estimate of drug-likeness (QED) is 0.583. The van der Waals surface area contributed by atoms with Crippen LogP contribution >= 0.6 is 0 Å². The lowest BCUT2D eigenvalue weighted by molar-refractivity contribution is 0.567. The van der Waals surface area contributed by atoms with Crippen LogP contribution in [0.25, 0.3) is 0 Å². The molecular weight excluding hydrogens is 126 g/mol. The Morgan fingerprint density at radius 2 is 1.10 bits per heavy atom. The Labute approximate surface area is 60.1 Å². The summed E-state index contributed by atoms with van der Waals surface area (Å²) in [5.74, 6) is -0.0556. The van der Waals surface area contributed by atoms with E-state index in [4.69, 9.17) is 15.8 Å². The van der Waals surface area contributed by atoms with Gasteiger partial charge in [0, 0.05) is 19.3 Å². The van der Waals surface area contributed by atoms with Crippen molar-refractivity contribution in [1.82, 2.24) is 0 Å². The van der Waals surface area contributed by atoms with E-state index in [2.05, 4.69) is 0 Å². The van der Waals surface area contributed by atoms with Crippen molar-refractivity contribution in [3.8, 4) is 18.2 Å². The molecule has 0 aliphatic rings. The topological polar surface area (TPSA) is 71.4 Å². The van der Waals surface area contributed by atoms with Crippen molar-refractivity contribution >= 4 is 0 Å². The number of nitrogens with zero attached hydrogens (tertiary/aromatic N) is 3. The third-order valence-corrected chi connectivity index (χ3v) is 1.14. The second-order valence-corrected chi connectivity index (χ2v) is 1.95. The predicted octanol–water partition coefficient (Wildman–Crippen LogP) is 1.34. The Kier molecular flexibility index (Phi) is 4.75. The van der Waals surface area contributed by atoms with Crippen molar-refractivity contribution < 1.29 is 0 Å². The van der Waals surface area contributed by atoms with Crippen LogP contribution in [0, 0.1) is 39.9 Å². The summed E-state index contributed by atoms with van der Waals surface area (Å²) in [7, 11) is 0. The second kappa shape index (κ2) is 5.60. The van der Waals surface area contributed by atoms with Gasteiger partial charge in [0.25, 0.3) is 0 Å². The lowest BCUT2D eigenvalue weighted by Crippen LogP contribution is -1.95. The summed E-state index contributed by atoms with van der Waals surface area (Å²) >= 11 is 0. The molecule has 0 aromatic carbocycles. The predicted molar refractivity (Wildman–Crippen MR) is 34.2 cm³/mol. The third-order valence-electron chi connectivity index (χ3n) is 1.14. The first-order valence-electron chi connectivity index (χ1n) is 2.96. The van der Waals surface area contributed by atoms with Crippen LogP contribution in [0.4, 0.5) is 0 Å². The molecule has 0 amide bonds. The van der Waals surface area contributed by atoms with Gasteiger partial charge in [0.15, 0.2) is 0 Å². The van der Waals surface area contributed by atoms with Crippen molar-refractivity contribution in [2.75, 3.05) is 0 Å². The van der Waals surface area contributed by atoms with E-state index in [1.165, 1.54) is 0 Å². The van der Waals surface area contributed by atoms with Crippen molar-refractivity contribution in [2.45, 2.75) is 19.3 Å². The Morgan fingerprint density at radius 3 is 1.30 bits per heavy atom. The smallest absolute Gasteiger partial charge is 0.0625 e. The summed E-state index contributed by atoms with van der Waals surface area (Å²) in [6.07, 6.45) is 0.920. The van der Waals surface area contributed by atoms with E-state index in [0.717, 1.165) is 0 Å². The molecule has 0 atom stereocenters. The van der Waals surface area contributed by atoms with E-state index in [9.17, 15) is 0 Å². The average Bonchev–Trinajstić information content (AvgIpc) is 1.90. The summed E-state index contributed by atoms with van der Waals surface area (Å²) in [5, 5.41) is 24.7. The standard InChI is InChI=1S/C7H7N3/c8-4-1-7(2-5-9)3-6-10/h7H,1-3H2. The Balaban J connectivity index is 3.68. The van der Waals surface area contributed by atoms with Gasteiger partial charge in [0.1, 0.15) is 0 Å². The molecule has 0 N–H and O–H groups in total.